The minimum atomic E-state index is 0.0368. The van der Waals surface area contributed by atoms with E-state index in [1.807, 2.05) is 55.8 Å². The summed E-state index contributed by atoms with van der Waals surface area (Å²) < 4.78 is 1.88. The van der Waals surface area contributed by atoms with Gasteiger partial charge in [0.15, 0.2) is 5.16 Å². The molecule has 0 radical (unpaired) electrons. The highest BCUT2D eigenvalue weighted by atomic mass is 32.2. The van der Waals surface area contributed by atoms with Crippen molar-refractivity contribution in [3.05, 3.63) is 56.7 Å². The van der Waals surface area contributed by atoms with Gasteiger partial charge in [0.1, 0.15) is 4.83 Å². The van der Waals surface area contributed by atoms with Crippen LogP contribution < -0.4 is 5.56 Å². The maximum Gasteiger partial charge on any atom is 0.263 e. The Labute approximate surface area is 185 Å². The predicted octanol–water partition coefficient (Wildman–Crippen LogP) is 4.94. The van der Waals surface area contributed by atoms with Crippen LogP contribution >= 0.6 is 23.1 Å². The zero-order chi connectivity index (χ0) is 21.3. The van der Waals surface area contributed by atoms with E-state index in [1.54, 1.807) is 16.2 Å². The number of thiophene rings is 1. The lowest BCUT2D eigenvalue weighted by Gasteiger charge is -2.20. The molecule has 7 heteroatoms. The van der Waals surface area contributed by atoms with Crippen LogP contribution in [0.15, 0.2) is 40.3 Å². The van der Waals surface area contributed by atoms with Crippen molar-refractivity contribution in [2.75, 3.05) is 12.8 Å². The highest BCUT2D eigenvalue weighted by Gasteiger charge is 2.25. The van der Waals surface area contributed by atoms with Gasteiger partial charge < -0.3 is 4.90 Å². The zero-order valence-electron chi connectivity index (χ0n) is 17.7. The number of hydrogen-bond acceptors (Lipinski definition) is 5. The first-order chi connectivity index (χ1) is 14.5. The number of aromatic nitrogens is 2. The molecule has 1 fully saturated rings. The molecule has 0 bridgehead atoms. The standard InChI is InChI=1S/C23H27N3O2S2/c1-15-16(2)30-21-20(15)22(28)26(18-11-7-8-12-18)23(24-21)29-14-19(27)25(3)13-17-9-5-4-6-10-17/h4-6,9-10,18H,7-8,11-14H2,1-3H3. The lowest BCUT2D eigenvalue weighted by molar-refractivity contribution is -0.127. The topological polar surface area (TPSA) is 55.2 Å². The van der Waals surface area contributed by atoms with Crippen LogP contribution in [-0.2, 0) is 11.3 Å². The second kappa shape index (κ2) is 8.94. The summed E-state index contributed by atoms with van der Waals surface area (Å²) in [5.41, 5.74) is 2.20. The number of thioether (sulfide) groups is 1. The Balaban J connectivity index is 1.59. The van der Waals surface area contributed by atoms with Crippen molar-refractivity contribution < 1.29 is 4.79 Å². The Bertz CT molecular complexity index is 1110. The molecular formula is C23H27N3O2S2. The van der Waals surface area contributed by atoms with Crippen molar-refractivity contribution in [2.24, 2.45) is 0 Å². The van der Waals surface area contributed by atoms with Crippen molar-refractivity contribution in [1.29, 1.82) is 0 Å². The molecule has 0 saturated heterocycles. The molecule has 30 heavy (non-hydrogen) atoms. The molecule has 158 valence electrons. The summed E-state index contributed by atoms with van der Waals surface area (Å²) in [5, 5.41) is 1.43. The summed E-state index contributed by atoms with van der Waals surface area (Å²) in [6.45, 7) is 4.62. The number of carbonyl (C=O) groups is 1. The largest absolute Gasteiger partial charge is 0.341 e. The average molecular weight is 442 g/mol. The predicted molar refractivity (Wildman–Crippen MR) is 124 cm³/mol. The molecule has 5 nitrogen and oxygen atoms in total. The minimum Gasteiger partial charge on any atom is -0.341 e. The third-order valence-electron chi connectivity index (χ3n) is 5.91. The van der Waals surface area contributed by atoms with Gasteiger partial charge in [-0.1, -0.05) is 54.9 Å². The first kappa shape index (κ1) is 21.1. The maximum absolute atomic E-state index is 13.4. The number of carbonyl (C=O) groups excluding carboxylic acids is 1. The molecule has 1 aliphatic rings. The van der Waals surface area contributed by atoms with Gasteiger partial charge in [-0.25, -0.2) is 4.98 Å². The summed E-state index contributed by atoms with van der Waals surface area (Å²) in [4.78, 5) is 34.7. The van der Waals surface area contributed by atoms with E-state index in [0.717, 1.165) is 51.9 Å². The molecule has 0 atom stereocenters. The van der Waals surface area contributed by atoms with E-state index in [2.05, 4.69) is 0 Å². The molecule has 0 aliphatic heterocycles. The van der Waals surface area contributed by atoms with Gasteiger partial charge in [-0.3, -0.25) is 14.2 Å². The first-order valence-electron chi connectivity index (χ1n) is 10.4. The molecule has 2 heterocycles. The number of benzene rings is 1. The van der Waals surface area contributed by atoms with E-state index in [0.29, 0.717) is 11.7 Å². The van der Waals surface area contributed by atoms with Crippen molar-refractivity contribution in [3.8, 4) is 0 Å². The Hall–Kier alpha value is -2.12. The fourth-order valence-corrected chi connectivity index (χ4v) is 6.13. The van der Waals surface area contributed by atoms with Crippen LogP contribution in [0.1, 0.15) is 47.7 Å². The van der Waals surface area contributed by atoms with Crippen LogP contribution in [0.4, 0.5) is 0 Å². The maximum atomic E-state index is 13.4. The number of nitrogens with zero attached hydrogens (tertiary/aromatic N) is 3. The quantitative estimate of drug-likeness (QED) is 0.402. The molecule has 0 unspecified atom stereocenters. The van der Waals surface area contributed by atoms with Gasteiger partial charge in [0.2, 0.25) is 5.91 Å². The lowest BCUT2D eigenvalue weighted by atomic mass is 10.2. The second-order valence-corrected chi connectivity index (χ2v) is 10.1. The van der Waals surface area contributed by atoms with Gasteiger partial charge >= 0.3 is 0 Å². The summed E-state index contributed by atoms with van der Waals surface area (Å²) >= 11 is 2.96. The first-order valence-corrected chi connectivity index (χ1v) is 12.2. The highest BCUT2D eigenvalue weighted by Crippen LogP contribution is 2.34. The van der Waals surface area contributed by atoms with Crippen LogP contribution in [0.2, 0.25) is 0 Å². The Morgan fingerprint density at radius 1 is 1.23 bits per heavy atom. The van der Waals surface area contributed by atoms with E-state index in [4.69, 9.17) is 4.98 Å². The Kier molecular flexibility index (Phi) is 6.29. The monoisotopic (exact) mass is 441 g/mol. The molecule has 2 aromatic heterocycles. The Morgan fingerprint density at radius 3 is 2.63 bits per heavy atom. The van der Waals surface area contributed by atoms with Crippen molar-refractivity contribution in [3.63, 3.8) is 0 Å². The van der Waals surface area contributed by atoms with Crippen molar-refractivity contribution in [1.82, 2.24) is 14.5 Å². The molecule has 0 spiro atoms. The molecule has 1 aliphatic carbocycles. The SMILES string of the molecule is Cc1sc2nc(SCC(=O)N(C)Cc3ccccc3)n(C3CCCC3)c(=O)c2c1C. The number of fused-ring (bicyclic) bond motifs is 1. The molecular weight excluding hydrogens is 414 g/mol. The van der Waals surface area contributed by atoms with Gasteiger partial charge in [0.25, 0.3) is 5.56 Å². The Morgan fingerprint density at radius 2 is 1.93 bits per heavy atom. The molecule has 0 N–H and O–H groups in total. The van der Waals surface area contributed by atoms with Crippen LogP contribution in [-0.4, -0.2) is 33.2 Å². The second-order valence-electron chi connectivity index (χ2n) is 8.00. The molecule has 1 aromatic carbocycles. The number of amides is 1. The van der Waals surface area contributed by atoms with Gasteiger partial charge in [0, 0.05) is 24.5 Å². The van der Waals surface area contributed by atoms with E-state index in [9.17, 15) is 9.59 Å². The normalized spacial score (nSPS) is 14.5. The minimum absolute atomic E-state index is 0.0368. The third kappa shape index (κ3) is 4.18. The van der Waals surface area contributed by atoms with Crippen molar-refractivity contribution in [2.45, 2.75) is 57.3 Å². The number of hydrogen-bond donors (Lipinski definition) is 0. The summed E-state index contributed by atoms with van der Waals surface area (Å²) in [5.74, 6) is 0.312. The van der Waals surface area contributed by atoms with Gasteiger partial charge in [-0.15, -0.1) is 11.3 Å². The fourth-order valence-electron chi connectivity index (χ4n) is 4.06. The van der Waals surface area contributed by atoms with Crippen molar-refractivity contribution >= 4 is 39.2 Å². The van der Waals surface area contributed by atoms with E-state index < -0.39 is 0 Å². The van der Waals surface area contributed by atoms with Crippen LogP contribution in [0.3, 0.4) is 0 Å². The lowest BCUT2D eigenvalue weighted by Crippen LogP contribution is -2.29. The van der Waals surface area contributed by atoms with Gasteiger partial charge in [-0.05, 0) is 37.8 Å². The summed E-state index contributed by atoms with van der Waals surface area (Å²) in [6.07, 6.45) is 4.29. The van der Waals surface area contributed by atoms with E-state index in [-0.39, 0.29) is 23.3 Å². The molecule has 1 amide bonds. The van der Waals surface area contributed by atoms with E-state index >= 15 is 0 Å². The molecule has 3 aromatic rings. The number of rotatable bonds is 6. The third-order valence-corrected chi connectivity index (χ3v) is 7.94. The summed E-state index contributed by atoms with van der Waals surface area (Å²) in [7, 11) is 1.82. The molecule has 4 rings (SSSR count). The van der Waals surface area contributed by atoms with Crippen LogP contribution in [0.25, 0.3) is 10.2 Å². The molecule has 1 saturated carbocycles. The fraction of sp³-hybridized carbons (Fsp3) is 0.435. The average Bonchev–Trinajstić information content (AvgIpc) is 3.35. The van der Waals surface area contributed by atoms with Crippen LogP contribution in [0.5, 0.6) is 0 Å². The number of aryl methyl sites for hydroxylation is 2. The highest BCUT2D eigenvalue weighted by molar-refractivity contribution is 7.99. The smallest absolute Gasteiger partial charge is 0.263 e. The van der Waals surface area contributed by atoms with Crippen LogP contribution in [0, 0.1) is 13.8 Å². The van der Waals surface area contributed by atoms with E-state index in [1.165, 1.54) is 11.8 Å². The zero-order valence-corrected chi connectivity index (χ0v) is 19.3. The summed E-state index contributed by atoms with van der Waals surface area (Å²) in [6, 6.07) is 10.2. The van der Waals surface area contributed by atoms with Gasteiger partial charge in [-0.2, -0.15) is 0 Å². The van der Waals surface area contributed by atoms with Gasteiger partial charge in [0.05, 0.1) is 11.1 Å².